The minimum absolute atomic E-state index is 0.0805. The fourth-order valence-electron chi connectivity index (χ4n) is 12.2. The van der Waals surface area contributed by atoms with Crippen molar-refractivity contribution in [3.63, 3.8) is 0 Å². The largest absolute Gasteiger partial charge is 0.507 e. The molecule has 418 valence electrons. The molecule has 0 radical (unpaired) electrons. The van der Waals surface area contributed by atoms with Crippen molar-refractivity contribution in [3.05, 3.63) is 103 Å². The summed E-state index contributed by atoms with van der Waals surface area (Å²) in [6, 6.07) is 23.8. The number of nitrogen functional groups attached to an aromatic ring is 1. The number of carbonyl (C=O) groups is 2. The third-order valence-electron chi connectivity index (χ3n) is 16.9. The van der Waals surface area contributed by atoms with Gasteiger partial charge < -0.3 is 59.8 Å². The van der Waals surface area contributed by atoms with Gasteiger partial charge in [0.1, 0.15) is 23.8 Å². The summed E-state index contributed by atoms with van der Waals surface area (Å²) in [5, 5.41) is 41.5. The number of amides is 2. The van der Waals surface area contributed by atoms with E-state index in [1.807, 2.05) is 105 Å². The number of aromatic hydroxyl groups is 1. The van der Waals surface area contributed by atoms with Crippen molar-refractivity contribution in [3.8, 4) is 34.1 Å². The van der Waals surface area contributed by atoms with Crippen LogP contribution in [0.4, 0.5) is 23.0 Å². The molecule has 4 aliphatic heterocycles. The van der Waals surface area contributed by atoms with Gasteiger partial charge in [-0.1, -0.05) is 55.4 Å². The van der Waals surface area contributed by atoms with E-state index in [-0.39, 0.29) is 60.8 Å². The molecule has 5 aliphatic rings. The van der Waals surface area contributed by atoms with Crippen LogP contribution in [0, 0.1) is 11.8 Å². The lowest BCUT2D eigenvalue weighted by molar-refractivity contribution is -0.141. The molecule has 4 atom stereocenters. The predicted molar refractivity (Wildman–Crippen MR) is 301 cm³/mol. The summed E-state index contributed by atoms with van der Waals surface area (Å²) in [6.07, 6.45) is 9.36. The average molecular weight is 1080 g/mol. The maximum absolute atomic E-state index is 14.4. The van der Waals surface area contributed by atoms with Crippen molar-refractivity contribution in [2.45, 2.75) is 108 Å². The van der Waals surface area contributed by atoms with Gasteiger partial charge in [-0.05, 0) is 85.9 Å². The highest BCUT2D eigenvalue weighted by atomic mass is 16.5. The summed E-state index contributed by atoms with van der Waals surface area (Å²) in [5.74, 6) is 1.64. The third-order valence-corrected chi connectivity index (χ3v) is 16.9. The van der Waals surface area contributed by atoms with Gasteiger partial charge in [0.15, 0.2) is 17.4 Å². The quantitative estimate of drug-likeness (QED) is 0.0771. The summed E-state index contributed by atoms with van der Waals surface area (Å²) >= 11 is 0. The average Bonchev–Trinajstić information content (AvgIpc) is 4.24. The highest BCUT2D eigenvalue weighted by Crippen LogP contribution is 2.37. The Morgan fingerprint density at radius 1 is 0.810 bits per heavy atom. The summed E-state index contributed by atoms with van der Waals surface area (Å²) in [6.45, 7) is 13.9. The van der Waals surface area contributed by atoms with Crippen LogP contribution in [0.25, 0.3) is 22.5 Å². The summed E-state index contributed by atoms with van der Waals surface area (Å²) in [5.41, 5.74) is 12.3. The van der Waals surface area contributed by atoms with E-state index in [0.29, 0.717) is 34.6 Å². The highest BCUT2D eigenvalue weighted by Gasteiger charge is 2.44. The van der Waals surface area contributed by atoms with Gasteiger partial charge in [0.25, 0.3) is 0 Å². The number of aromatic nitrogens is 6. The summed E-state index contributed by atoms with van der Waals surface area (Å²) in [7, 11) is 1.90. The molecular formula is C59H75N13O7. The number of para-hydroxylation sites is 1. The minimum atomic E-state index is -0.806. The lowest BCUT2D eigenvalue weighted by atomic mass is 9.91. The number of nitrogens with zero attached hydrogens (tertiary/aromatic N) is 11. The van der Waals surface area contributed by atoms with Crippen LogP contribution in [0.1, 0.15) is 89.0 Å². The van der Waals surface area contributed by atoms with Gasteiger partial charge in [-0.15, -0.1) is 10.2 Å². The lowest BCUT2D eigenvalue weighted by Crippen LogP contribution is -2.48. The van der Waals surface area contributed by atoms with Crippen molar-refractivity contribution in [1.29, 1.82) is 0 Å². The number of likely N-dealkylation sites (tertiary alicyclic amines) is 2. The van der Waals surface area contributed by atoms with Crippen LogP contribution < -0.4 is 30.5 Å². The van der Waals surface area contributed by atoms with E-state index < -0.39 is 18.1 Å². The number of rotatable bonds is 17. The fourth-order valence-corrected chi connectivity index (χ4v) is 12.2. The number of hydrogen-bond donors (Lipinski definition) is 4. The first-order valence-electron chi connectivity index (χ1n) is 28.3. The van der Waals surface area contributed by atoms with Crippen LogP contribution in [0.15, 0.2) is 95.8 Å². The smallest absolute Gasteiger partial charge is 0.243 e. The number of phenols is 1. The first-order chi connectivity index (χ1) is 38.3. The van der Waals surface area contributed by atoms with Crippen LogP contribution in [0.3, 0.4) is 0 Å². The number of ether oxygens (including phenoxy) is 2. The SMILES string of the molecule is CC(C)[C@@H](C(=O)N1C[C@H](O)C[C@H]1C(=O)N[C@@H](C)c1ccc(-c2ccnn2C)cc1)c1cc(N2CCC(CN3CCC(OC4CC(Oc5cc(N6CCN(c7cc(-c8ccccc8O)nnc7N)CC6)ccn5)C4)CC3)CC2)no1. The second-order valence-electron chi connectivity index (χ2n) is 22.6. The third kappa shape index (κ3) is 12.2. The molecule has 1 saturated carbocycles. The minimum Gasteiger partial charge on any atom is -0.507 e. The number of aliphatic hydroxyl groups excluding tert-OH is 1. The van der Waals surface area contributed by atoms with Gasteiger partial charge in [0, 0.05) is 128 Å². The van der Waals surface area contributed by atoms with Crippen LogP contribution in [0.2, 0.25) is 0 Å². The molecule has 0 unspecified atom stereocenters. The van der Waals surface area contributed by atoms with Crippen LogP contribution in [-0.4, -0.2) is 158 Å². The number of aliphatic hydroxyl groups is 1. The monoisotopic (exact) mass is 1080 g/mol. The number of nitrogens with one attached hydrogen (secondary N) is 1. The Kier molecular flexibility index (Phi) is 16.0. The molecule has 79 heavy (non-hydrogen) atoms. The van der Waals surface area contributed by atoms with Crippen LogP contribution in [0.5, 0.6) is 11.6 Å². The van der Waals surface area contributed by atoms with E-state index in [0.717, 1.165) is 131 Å². The zero-order valence-electron chi connectivity index (χ0n) is 45.8. The molecular weight excluding hydrogens is 1000 g/mol. The maximum atomic E-state index is 14.4. The molecule has 2 amide bonds. The number of carbonyl (C=O) groups excluding carboxylic acids is 2. The number of β-amino-alcohol motifs (C(OH)–C–C–N with tert-alkyl or cyclic N) is 1. The van der Waals surface area contributed by atoms with E-state index in [2.05, 4.69) is 50.4 Å². The topological polar surface area (TPSA) is 230 Å². The molecule has 20 nitrogen and oxygen atoms in total. The van der Waals surface area contributed by atoms with Gasteiger partial charge in [0.05, 0.1) is 41.4 Å². The number of phenolic OH excluding ortho intramolecular Hbond substituents is 1. The Labute approximate surface area is 461 Å². The van der Waals surface area contributed by atoms with Crippen LogP contribution >= 0.6 is 0 Å². The van der Waals surface area contributed by atoms with Gasteiger partial charge in [-0.3, -0.25) is 14.3 Å². The van der Waals surface area contributed by atoms with Gasteiger partial charge in [-0.2, -0.15) is 5.10 Å². The summed E-state index contributed by atoms with van der Waals surface area (Å²) < 4.78 is 20.7. The van der Waals surface area contributed by atoms with E-state index in [1.54, 1.807) is 18.3 Å². The molecule has 6 aromatic rings. The number of piperazine rings is 1. The lowest BCUT2D eigenvalue weighted by Gasteiger charge is -2.41. The second-order valence-corrected chi connectivity index (χ2v) is 22.6. The van der Waals surface area contributed by atoms with Crippen molar-refractivity contribution in [1.82, 2.24) is 45.2 Å². The van der Waals surface area contributed by atoms with Gasteiger partial charge in [-0.25, -0.2) is 4.98 Å². The molecule has 11 rings (SSSR count). The van der Waals surface area contributed by atoms with Crippen molar-refractivity contribution >= 4 is 34.8 Å². The Hall–Kier alpha value is -7.29. The summed E-state index contributed by atoms with van der Waals surface area (Å²) in [4.78, 5) is 43.7. The number of nitrogens with two attached hydrogens (primary N) is 1. The van der Waals surface area contributed by atoms with Crippen molar-refractivity contribution < 1.29 is 33.8 Å². The molecule has 2 aromatic carbocycles. The highest BCUT2D eigenvalue weighted by molar-refractivity contribution is 5.91. The van der Waals surface area contributed by atoms with E-state index in [4.69, 9.17) is 19.7 Å². The number of benzene rings is 2. The normalized spacial score (nSPS) is 22.3. The molecule has 20 heteroatoms. The Balaban J connectivity index is 0.589. The Morgan fingerprint density at radius 3 is 2.28 bits per heavy atom. The molecule has 0 bridgehead atoms. The van der Waals surface area contributed by atoms with Crippen molar-refractivity contribution in [2.75, 3.05) is 85.9 Å². The van der Waals surface area contributed by atoms with E-state index in [1.165, 1.54) is 4.90 Å². The molecule has 1 aliphatic carbocycles. The number of piperidine rings is 2. The standard InChI is InChI=1S/C59H75N13O7/c1-37(2)56(59(76)72-36-43(73)30-51(72)58(75)63-38(3)40-9-11-41(12-10-40)49-14-20-62-67(49)4)53-34-54(66-79-53)71-23-15-39(16-24-71)35-68-21-17-44(18-22-68)77-45-31-46(32-45)78-55-29-42(13-19-61-55)69-25-27-70(28-26-69)50-33-48(64-65-57(50)60)47-7-5-6-8-52(47)74/h5-14,19-20,29,33-34,37-39,43-46,51,56,73-74H,15-18,21-28,30-32,35-36H2,1-4H3,(H2,60,65)(H,63,75)/t38-,43+,45?,46?,51-,56+/m0/s1. The molecule has 4 saturated heterocycles. The zero-order valence-corrected chi connectivity index (χ0v) is 45.8. The second kappa shape index (κ2) is 23.6. The number of aryl methyl sites for hydroxylation is 1. The zero-order chi connectivity index (χ0) is 54.7. The first-order valence-corrected chi connectivity index (χ1v) is 28.3. The predicted octanol–water partition coefficient (Wildman–Crippen LogP) is 6.43. The van der Waals surface area contributed by atoms with E-state index in [9.17, 15) is 19.8 Å². The van der Waals surface area contributed by atoms with Gasteiger partial charge >= 0.3 is 0 Å². The first kappa shape index (κ1) is 53.7. The van der Waals surface area contributed by atoms with Gasteiger partial charge in [0.2, 0.25) is 17.7 Å². The number of anilines is 4. The van der Waals surface area contributed by atoms with Crippen LogP contribution in [-0.2, 0) is 21.4 Å². The fraction of sp³-hybridized carbons (Fsp3) is 0.508. The van der Waals surface area contributed by atoms with Crippen molar-refractivity contribution in [2.24, 2.45) is 18.9 Å². The molecule has 5 fully saturated rings. The molecule has 5 N–H and O–H groups in total. The molecule has 0 spiro atoms. The molecule has 8 heterocycles. The maximum Gasteiger partial charge on any atom is 0.243 e. The Morgan fingerprint density at radius 2 is 1.56 bits per heavy atom. The number of hydrogen-bond acceptors (Lipinski definition) is 17. The Bertz CT molecular complexity index is 3030. The van der Waals surface area contributed by atoms with E-state index >= 15 is 0 Å². The molecule has 4 aromatic heterocycles. The number of pyridine rings is 1.